The summed E-state index contributed by atoms with van der Waals surface area (Å²) < 4.78 is 65.4. The highest BCUT2D eigenvalue weighted by molar-refractivity contribution is 8.76. The summed E-state index contributed by atoms with van der Waals surface area (Å²) in [5.74, 6) is 0.789. The van der Waals surface area contributed by atoms with E-state index in [9.17, 15) is 26.4 Å². The SMILES string of the molecule is C=C1/C=C(c2cn(C(C)=O)c3ccccc23)\C=C/[NH2+]c2ccc(S(=O)(=O)NCCSSCCNS(=O)(=O)c3ccc4c(c3)C(C)(C)c3cc(-c5cn(C(C)=O)c6ccccc56)cc[n+]3-4)cc2C1(C)C. The van der Waals surface area contributed by atoms with Gasteiger partial charge in [-0.1, -0.05) is 84.5 Å². The molecule has 0 saturated heterocycles. The number of allylic oxidation sites excluding steroid dienone is 4. The van der Waals surface area contributed by atoms with Crippen LogP contribution < -0.4 is 19.3 Å². The molecule has 0 atom stereocenters. The number of para-hydroxylation sites is 2. The van der Waals surface area contributed by atoms with Crippen LogP contribution >= 0.6 is 21.6 Å². The number of nitrogens with two attached hydrogens (primary N) is 1. The molecule has 0 saturated carbocycles. The van der Waals surface area contributed by atoms with Gasteiger partial charge in [-0.2, -0.15) is 4.57 Å². The maximum atomic E-state index is 13.6. The van der Waals surface area contributed by atoms with Crippen LogP contribution in [0.1, 0.15) is 73.5 Å². The van der Waals surface area contributed by atoms with Crippen molar-refractivity contribution in [3.8, 4) is 16.8 Å². The maximum absolute atomic E-state index is 13.6. The van der Waals surface area contributed by atoms with Gasteiger partial charge < -0.3 is 0 Å². The fourth-order valence-corrected chi connectivity index (χ4v) is 13.5. The van der Waals surface area contributed by atoms with Crippen LogP contribution in [0.5, 0.6) is 0 Å². The number of hydrogen-bond donors (Lipinski definition) is 3. The molecule has 0 aliphatic carbocycles. The number of nitrogens with zero attached hydrogens (tertiary/aromatic N) is 3. The summed E-state index contributed by atoms with van der Waals surface area (Å²) in [5, 5.41) is 3.89. The van der Waals surface area contributed by atoms with Crippen molar-refractivity contribution >= 4 is 86.5 Å². The van der Waals surface area contributed by atoms with Crippen LogP contribution in [-0.2, 0) is 30.9 Å². The Kier molecular flexibility index (Phi) is 12.9. The van der Waals surface area contributed by atoms with Crippen LogP contribution in [-0.4, -0.2) is 62.4 Å². The molecule has 3 aromatic heterocycles. The van der Waals surface area contributed by atoms with Crippen LogP contribution in [0, 0.1) is 0 Å². The topological polar surface area (TPSA) is 157 Å². The van der Waals surface area contributed by atoms with Gasteiger partial charge in [0.15, 0.2) is 11.9 Å². The number of quaternary nitrogens is 1. The predicted octanol–water partition coefficient (Wildman–Crippen LogP) is 8.78. The molecule has 12 nitrogen and oxygen atoms in total. The third kappa shape index (κ3) is 8.99. The Labute approximate surface area is 411 Å². The molecule has 354 valence electrons. The first-order chi connectivity index (χ1) is 32.8. The molecule has 2 aliphatic rings. The largest absolute Gasteiger partial charge is 0.287 e. The first-order valence-electron chi connectivity index (χ1n) is 22.5. The fourth-order valence-electron chi connectivity index (χ4n) is 9.35. The van der Waals surface area contributed by atoms with Crippen LogP contribution in [0.25, 0.3) is 44.2 Å². The Hall–Kier alpha value is -5.85. The van der Waals surface area contributed by atoms with Gasteiger partial charge in [-0.3, -0.25) is 24.0 Å². The molecule has 0 spiro atoms. The average Bonchev–Trinajstić information content (AvgIpc) is 3.98. The molecule has 4 N–H and O–H groups in total. The smallest absolute Gasteiger partial charge is 0.240 e. The van der Waals surface area contributed by atoms with E-state index >= 15 is 0 Å². The van der Waals surface area contributed by atoms with Crippen molar-refractivity contribution in [3.63, 3.8) is 0 Å². The van der Waals surface area contributed by atoms with Crippen molar-refractivity contribution in [2.24, 2.45) is 0 Å². The number of nitrogens with one attached hydrogen (secondary N) is 2. The first kappa shape index (κ1) is 48.2. The van der Waals surface area contributed by atoms with Gasteiger partial charge >= 0.3 is 0 Å². The van der Waals surface area contributed by atoms with E-state index in [1.54, 1.807) is 40.3 Å². The van der Waals surface area contributed by atoms with Crippen LogP contribution in [0.2, 0.25) is 0 Å². The molecule has 7 aromatic rings. The molecule has 9 rings (SSSR count). The van der Waals surface area contributed by atoms with Gasteiger partial charge in [-0.05, 0) is 73.0 Å². The zero-order chi connectivity index (χ0) is 49.0. The van der Waals surface area contributed by atoms with E-state index in [-0.39, 0.29) is 34.7 Å². The predicted molar refractivity (Wildman–Crippen MR) is 278 cm³/mol. The normalized spacial score (nSPS) is 16.5. The molecule has 4 aromatic carbocycles. The van der Waals surface area contributed by atoms with Gasteiger partial charge in [0, 0.05) is 114 Å². The zero-order valence-electron chi connectivity index (χ0n) is 39.2. The summed E-state index contributed by atoms with van der Waals surface area (Å²) in [6, 6.07) is 30.2. The molecule has 0 radical (unpaired) electrons. The second kappa shape index (κ2) is 18.5. The number of fused-ring (bicyclic) bond motifs is 6. The molecule has 0 amide bonds. The van der Waals surface area contributed by atoms with Gasteiger partial charge in [0.25, 0.3) is 0 Å². The molecule has 0 fully saturated rings. The quantitative estimate of drug-likeness (QED) is 0.0448. The van der Waals surface area contributed by atoms with Gasteiger partial charge in [-0.15, -0.1) is 0 Å². The first-order valence-corrected chi connectivity index (χ1v) is 28.0. The molecule has 0 bridgehead atoms. The number of carbonyl (C=O) groups excluding carboxylic acids is 2. The monoisotopic (exact) mass is 998 g/mol. The number of carbonyl (C=O) groups is 2. The van der Waals surface area contributed by atoms with E-state index in [0.29, 0.717) is 11.5 Å². The zero-order valence-corrected chi connectivity index (χ0v) is 42.5. The van der Waals surface area contributed by atoms with Crippen LogP contribution in [0.4, 0.5) is 5.69 Å². The second-order valence-corrected chi connectivity index (χ2v) is 24.6. The Morgan fingerprint density at radius 2 is 1.25 bits per heavy atom. The molecule has 69 heavy (non-hydrogen) atoms. The molecular weight excluding hydrogens is 945 g/mol. The highest BCUT2D eigenvalue weighted by Crippen LogP contribution is 2.42. The van der Waals surface area contributed by atoms with Crippen molar-refractivity contribution < 1.29 is 36.3 Å². The third-order valence-corrected chi connectivity index (χ3v) is 18.6. The van der Waals surface area contributed by atoms with E-state index in [0.717, 1.165) is 77.8 Å². The van der Waals surface area contributed by atoms with Gasteiger partial charge in [0.05, 0.1) is 32.4 Å². The molecular formula is C53H54N6O6S4+2. The molecule has 16 heteroatoms. The minimum absolute atomic E-state index is 0.0658. The van der Waals surface area contributed by atoms with E-state index in [2.05, 4.69) is 40.5 Å². The number of aromatic nitrogens is 3. The summed E-state index contributed by atoms with van der Waals surface area (Å²) in [7, 11) is -4.77. The summed E-state index contributed by atoms with van der Waals surface area (Å²) in [6.07, 6.45) is 11.7. The number of rotatable bonds is 13. The van der Waals surface area contributed by atoms with Gasteiger partial charge in [-0.25, -0.2) is 26.3 Å². The minimum atomic E-state index is -3.87. The van der Waals surface area contributed by atoms with Crippen molar-refractivity contribution in [3.05, 3.63) is 169 Å². The Morgan fingerprint density at radius 1 is 0.696 bits per heavy atom. The summed E-state index contributed by atoms with van der Waals surface area (Å²) >= 11 is 0. The van der Waals surface area contributed by atoms with E-state index in [4.69, 9.17) is 0 Å². The Bertz CT molecular complexity index is 3570. The number of sulfonamides is 2. The number of hydrogen-bond acceptors (Lipinski definition) is 8. The fraction of sp³-hybridized carbons (Fsp3) is 0.226. The van der Waals surface area contributed by atoms with Crippen molar-refractivity contribution in [2.75, 3.05) is 24.6 Å². The second-order valence-electron chi connectivity index (χ2n) is 18.3. The molecule has 0 unspecified atom stereocenters. The molecule has 5 heterocycles. The van der Waals surface area contributed by atoms with E-state index < -0.39 is 30.9 Å². The lowest BCUT2D eigenvalue weighted by Crippen LogP contribution is -2.71. The van der Waals surface area contributed by atoms with Gasteiger partial charge in [0.1, 0.15) is 5.69 Å². The van der Waals surface area contributed by atoms with Crippen molar-refractivity contribution in [1.29, 1.82) is 0 Å². The standard InChI is InChI=1S/C53H53N6O6S4/c1-34-28-37(43-32-58(35(2)60)48-14-10-8-12-41(43)48)20-22-54-47-18-16-39(30-45(47)52(34,4)5)68(62,63)55-23-26-66-67-27-24-56-69(64,65)40-17-19-50-46(31-40)53(6,7)51-29-38(21-25-57(50)51)44-33-59(36(3)61)49-15-11-9-13-42(44)49/h8-22,25,28-33,54-56H,1,23-24,26-27H2,2-7H3/q+1/p+1/b22-20-,37-28+. The summed E-state index contributed by atoms with van der Waals surface area (Å²) in [6.45, 7) is 16.1. The number of benzene rings is 4. The van der Waals surface area contributed by atoms with Crippen molar-refractivity contribution in [2.45, 2.75) is 62.2 Å². The van der Waals surface area contributed by atoms with E-state index in [1.165, 1.54) is 28.5 Å². The lowest BCUT2D eigenvalue weighted by atomic mass is 9.76. The third-order valence-electron chi connectivity index (χ3n) is 13.3. The van der Waals surface area contributed by atoms with Crippen LogP contribution in [0.15, 0.2) is 156 Å². The lowest BCUT2D eigenvalue weighted by molar-refractivity contribution is -0.599. The van der Waals surface area contributed by atoms with Crippen LogP contribution in [0.3, 0.4) is 0 Å². The highest BCUT2D eigenvalue weighted by Gasteiger charge is 2.44. The van der Waals surface area contributed by atoms with Gasteiger partial charge in [0.2, 0.25) is 37.5 Å². The highest BCUT2D eigenvalue weighted by atomic mass is 33.1. The van der Waals surface area contributed by atoms with Crippen molar-refractivity contribution in [1.82, 2.24) is 18.6 Å². The average molecular weight is 999 g/mol. The Morgan fingerprint density at radius 3 is 1.86 bits per heavy atom. The Balaban J connectivity index is 0.792. The lowest BCUT2D eigenvalue weighted by Gasteiger charge is -2.27. The molecule has 2 aliphatic heterocycles. The maximum Gasteiger partial charge on any atom is 0.240 e. The summed E-state index contributed by atoms with van der Waals surface area (Å²) in [5.41, 5.74) is 9.46. The van der Waals surface area contributed by atoms with E-state index in [1.807, 2.05) is 123 Å². The number of pyridine rings is 1. The minimum Gasteiger partial charge on any atom is -0.287 e. The summed E-state index contributed by atoms with van der Waals surface area (Å²) in [4.78, 5) is 25.3.